The topological polar surface area (TPSA) is 119 Å². The molecular formula is C22H23N3O6. The Morgan fingerprint density at radius 3 is 2.65 bits per heavy atom. The number of nitrogens with zero attached hydrogens (tertiary/aromatic N) is 2. The van der Waals surface area contributed by atoms with Crippen molar-refractivity contribution < 1.29 is 24.0 Å². The van der Waals surface area contributed by atoms with Crippen LogP contribution in [-0.2, 0) is 19.1 Å². The summed E-state index contributed by atoms with van der Waals surface area (Å²) in [5.41, 5.74) is 2.83. The lowest BCUT2D eigenvalue weighted by Gasteiger charge is -2.20. The second-order valence-electron chi connectivity index (χ2n) is 7.50. The fourth-order valence-corrected chi connectivity index (χ4v) is 3.39. The number of esters is 1. The summed E-state index contributed by atoms with van der Waals surface area (Å²) in [6, 6.07) is 11.1. The number of ether oxygens (including phenoxy) is 1. The Bertz CT molecular complexity index is 1050. The molecule has 1 aliphatic rings. The fourth-order valence-electron chi connectivity index (χ4n) is 3.39. The molecule has 2 atom stereocenters. The van der Waals surface area contributed by atoms with Crippen LogP contribution in [0.15, 0.2) is 42.5 Å². The van der Waals surface area contributed by atoms with E-state index in [-0.39, 0.29) is 30.2 Å². The van der Waals surface area contributed by atoms with Crippen molar-refractivity contribution in [3.05, 3.63) is 63.7 Å². The molecule has 0 spiro atoms. The molecule has 3 rings (SSSR count). The van der Waals surface area contributed by atoms with Crippen LogP contribution in [-0.4, -0.2) is 35.4 Å². The van der Waals surface area contributed by atoms with Crippen molar-refractivity contribution >= 4 is 34.8 Å². The van der Waals surface area contributed by atoms with Crippen molar-refractivity contribution in [2.24, 2.45) is 5.92 Å². The van der Waals surface area contributed by atoms with Gasteiger partial charge < -0.3 is 15.0 Å². The van der Waals surface area contributed by atoms with E-state index in [1.165, 1.54) is 31.2 Å². The summed E-state index contributed by atoms with van der Waals surface area (Å²) in [4.78, 5) is 49.2. The quantitative estimate of drug-likeness (QED) is 0.431. The van der Waals surface area contributed by atoms with Gasteiger partial charge in [-0.1, -0.05) is 18.2 Å². The van der Waals surface area contributed by atoms with E-state index in [1.807, 2.05) is 32.0 Å². The lowest BCUT2D eigenvalue weighted by Crippen LogP contribution is -2.33. The lowest BCUT2D eigenvalue weighted by molar-refractivity contribution is -0.384. The highest BCUT2D eigenvalue weighted by atomic mass is 16.6. The average molecular weight is 425 g/mol. The number of hydrogen-bond donors (Lipinski definition) is 1. The van der Waals surface area contributed by atoms with Crippen molar-refractivity contribution in [3.63, 3.8) is 0 Å². The third kappa shape index (κ3) is 4.88. The lowest BCUT2D eigenvalue weighted by atomic mass is 10.1. The van der Waals surface area contributed by atoms with E-state index < -0.39 is 28.8 Å². The SMILES string of the molecule is Cc1cccc(N2C[C@@H](C(=O)O[C@@H](C)C(=O)Nc3cccc([N+](=O)[O-])c3)CC2=O)c1C. The van der Waals surface area contributed by atoms with Gasteiger partial charge in [-0.05, 0) is 44.0 Å². The Morgan fingerprint density at radius 1 is 1.23 bits per heavy atom. The number of aryl methyl sites for hydroxylation is 1. The maximum Gasteiger partial charge on any atom is 0.312 e. The summed E-state index contributed by atoms with van der Waals surface area (Å²) in [5, 5.41) is 13.3. The largest absolute Gasteiger partial charge is 0.452 e. The van der Waals surface area contributed by atoms with E-state index in [0.29, 0.717) is 0 Å². The molecule has 1 saturated heterocycles. The molecule has 162 valence electrons. The van der Waals surface area contributed by atoms with Crippen LogP contribution >= 0.6 is 0 Å². The maximum absolute atomic E-state index is 12.6. The molecular weight excluding hydrogens is 402 g/mol. The Balaban J connectivity index is 1.61. The van der Waals surface area contributed by atoms with Crippen LogP contribution in [0.5, 0.6) is 0 Å². The average Bonchev–Trinajstić information content (AvgIpc) is 3.11. The number of rotatable bonds is 6. The minimum atomic E-state index is -1.13. The van der Waals surface area contributed by atoms with E-state index in [4.69, 9.17) is 4.74 Å². The molecule has 9 nitrogen and oxygen atoms in total. The first kappa shape index (κ1) is 21.9. The zero-order chi connectivity index (χ0) is 22.7. The highest BCUT2D eigenvalue weighted by Gasteiger charge is 2.37. The smallest absolute Gasteiger partial charge is 0.312 e. The standard InChI is InChI=1S/C22H23N3O6/c1-13-6-4-9-19(14(13)2)24-12-16(10-20(24)26)22(28)31-15(3)21(27)23-17-7-5-8-18(11-17)25(29)30/h4-9,11,15-16H,10,12H2,1-3H3,(H,23,27)/t15-,16-/m0/s1. The molecule has 1 heterocycles. The first-order valence-electron chi connectivity index (χ1n) is 9.79. The Morgan fingerprint density at radius 2 is 1.94 bits per heavy atom. The van der Waals surface area contributed by atoms with Gasteiger partial charge >= 0.3 is 5.97 Å². The highest BCUT2D eigenvalue weighted by molar-refractivity contribution is 6.01. The van der Waals surface area contributed by atoms with E-state index >= 15 is 0 Å². The van der Waals surface area contributed by atoms with Crippen LogP contribution in [0.2, 0.25) is 0 Å². The predicted molar refractivity (Wildman–Crippen MR) is 114 cm³/mol. The molecule has 2 amide bonds. The number of benzene rings is 2. The number of nitro benzene ring substituents is 1. The van der Waals surface area contributed by atoms with Gasteiger partial charge in [-0.15, -0.1) is 0 Å². The van der Waals surface area contributed by atoms with E-state index in [1.54, 1.807) is 4.90 Å². The molecule has 0 saturated carbocycles. The first-order valence-corrected chi connectivity index (χ1v) is 9.79. The number of nitro groups is 1. The van der Waals surface area contributed by atoms with Crippen LogP contribution in [0.25, 0.3) is 0 Å². The van der Waals surface area contributed by atoms with Crippen molar-refractivity contribution in [3.8, 4) is 0 Å². The molecule has 0 aromatic heterocycles. The number of amides is 2. The minimum Gasteiger partial charge on any atom is -0.452 e. The van der Waals surface area contributed by atoms with Gasteiger partial charge in [0.25, 0.3) is 11.6 Å². The number of anilines is 2. The van der Waals surface area contributed by atoms with Gasteiger partial charge in [0, 0.05) is 36.5 Å². The predicted octanol–water partition coefficient (Wildman–Crippen LogP) is 3.13. The third-order valence-electron chi connectivity index (χ3n) is 5.31. The molecule has 0 aliphatic carbocycles. The molecule has 9 heteroatoms. The second kappa shape index (κ2) is 8.95. The van der Waals surface area contributed by atoms with Gasteiger partial charge in [-0.3, -0.25) is 24.5 Å². The normalized spacial score (nSPS) is 16.7. The second-order valence-corrected chi connectivity index (χ2v) is 7.50. The Kier molecular flexibility index (Phi) is 6.33. The summed E-state index contributed by atoms with van der Waals surface area (Å²) in [6.45, 7) is 5.46. The Labute approximate surface area is 179 Å². The van der Waals surface area contributed by atoms with Crippen LogP contribution in [0.3, 0.4) is 0 Å². The van der Waals surface area contributed by atoms with Crippen LogP contribution < -0.4 is 10.2 Å². The van der Waals surface area contributed by atoms with Crippen LogP contribution in [0, 0.1) is 29.9 Å². The molecule has 1 N–H and O–H groups in total. The van der Waals surface area contributed by atoms with E-state index in [2.05, 4.69) is 5.32 Å². The molecule has 2 aromatic carbocycles. The summed E-state index contributed by atoms with van der Waals surface area (Å²) in [6.07, 6.45) is -1.12. The highest BCUT2D eigenvalue weighted by Crippen LogP contribution is 2.30. The van der Waals surface area contributed by atoms with Crippen molar-refractivity contribution in [2.75, 3.05) is 16.8 Å². The van der Waals surface area contributed by atoms with Gasteiger partial charge in [0.05, 0.1) is 10.8 Å². The van der Waals surface area contributed by atoms with Crippen LogP contribution in [0.1, 0.15) is 24.5 Å². The van der Waals surface area contributed by atoms with E-state index in [0.717, 1.165) is 16.8 Å². The molecule has 0 unspecified atom stereocenters. The number of nitrogens with one attached hydrogen (secondary N) is 1. The number of carbonyl (C=O) groups is 3. The summed E-state index contributed by atoms with van der Waals surface area (Å²) in [5.74, 6) is -2.11. The van der Waals surface area contributed by atoms with Crippen molar-refractivity contribution in [1.29, 1.82) is 0 Å². The third-order valence-corrected chi connectivity index (χ3v) is 5.31. The summed E-state index contributed by atoms with van der Waals surface area (Å²) >= 11 is 0. The van der Waals surface area contributed by atoms with Crippen molar-refractivity contribution in [2.45, 2.75) is 33.3 Å². The first-order chi connectivity index (χ1) is 14.7. The monoisotopic (exact) mass is 425 g/mol. The Hall–Kier alpha value is -3.75. The number of hydrogen-bond acceptors (Lipinski definition) is 6. The number of non-ortho nitro benzene ring substituents is 1. The maximum atomic E-state index is 12.6. The minimum absolute atomic E-state index is 0.00539. The van der Waals surface area contributed by atoms with Gasteiger partial charge in [0.15, 0.2) is 6.10 Å². The fraction of sp³-hybridized carbons (Fsp3) is 0.318. The van der Waals surface area contributed by atoms with Crippen LogP contribution in [0.4, 0.5) is 17.1 Å². The van der Waals surface area contributed by atoms with Gasteiger partial charge in [-0.2, -0.15) is 0 Å². The van der Waals surface area contributed by atoms with E-state index in [9.17, 15) is 24.5 Å². The number of carbonyl (C=O) groups excluding carboxylic acids is 3. The zero-order valence-corrected chi connectivity index (χ0v) is 17.5. The zero-order valence-electron chi connectivity index (χ0n) is 17.5. The molecule has 31 heavy (non-hydrogen) atoms. The molecule has 0 bridgehead atoms. The van der Waals surface area contributed by atoms with Gasteiger partial charge in [-0.25, -0.2) is 0 Å². The van der Waals surface area contributed by atoms with Crippen molar-refractivity contribution in [1.82, 2.24) is 0 Å². The molecule has 1 aliphatic heterocycles. The molecule has 0 radical (unpaired) electrons. The van der Waals surface area contributed by atoms with Gasteiger partial charge in [0.2, 0.25) is 5.91 Å². The summed E-state index contributed by atoms with van der Waals surface area (Å²) in [7, 11) is 0. The molecule has 2 aromatic rings. The molecule has 1 fully saturated rings. The summed E-state index contributed by atoms with van der Waals surface area (Å²) < 4.78 is 5.27. The van der Waals surface area contributed by atoms with Gasteiger partial charge in [0.1, 0.15) is 0 Å².